The van der Waals surface area contributed by atoms with Crippen LogP contribution in [0.3, 0.4) is 0 Å². The van der Waals surface area contributed by atoms with Crippen LogP contribution >= 0.6 is 0 Å². The molecule has 2 atom stereocenters. The Balaban J connectivity index is 1.57. The monoisotopic (exact) mass is 476 g/mol. The summed E-state index contributed by atoms with van der Waals surface area (Å²) in [5, 5.41) is 44.2. The first-order valence-electron chi connectivity index (χ1n) is 11.2. The molecule has 0 radical (unpaired) electrons. The van der Waals surface area contributed by atoms with Gasteiger partial charge in [0.1, 0.15) is 17.0 Å². The Kier molecular flexibility index (Phi) is 7.27. The number of nitrogens with one attached hydrogen (secondary N) is 3. The number of fused-ring (bicyclic) bond motifs is 1. The average molecular weight is 477 g/mol. The quantitative estimate of drug-likeness (QED) is 0.193. The van der Waals surface area contributed by atoms with E-state index in [-0.39, 0.29) is 17.1 Å². The number of furan rings is 1. The Labute approximate surface area is 202 Å². The zero-order chi connectivity index (χ0) is 25.1. The minimum absolute atomic E-state index is 0.0996. The Bertz CT molecular complexity index is 1360. The highest BCUT2D eigenvalue weighted by Gasteiger charge is 2.17. The summed E-state index contributed by atoms with van der Waals surface area (Å²) in [7, 11) is 0. The Morgan fingerprint density at radius 1 is 0.943 bits per heavy atom. The van der Waals surface area contributed by atoms with E-state index in [9.17, 15) is 15.6 Å². The van der Waals surface area contributed by atoms with E-state index >= 15 is 0 Å². The van der Waals surface area contributed by atoms with Gasteiger partial charge in [-0.15, -0.1) is 0 Å². The fourth-order valence-corrected chi connectivity index (χ4v) is 3.93. The Morgan fingerprint density at radius 2 is 1.66 bits per heavy atom. The zero-order valence-electron chi connectivity index (χ0n) is 19.8. The molecule has 9 nitrogen and oxygen atoms in total. The van der Waals surface area contributed by atoms with Gasteiger partial charge in [-0.1, -0.05) is 41.5 Å². The minimum atomic E-state index is -1.23. The number of quaternary nitrogens is 2. The van der Waals surface area contributed by atoms with Crippen LogP contribution in [-0.4, -0.2) is 16.1 Å². The second kappa shape index (κ2) is 10.4. The molecule has 0 fully saturated rings. The molecule has 1 aromatic heterocycles. The van der Waals surface area contributed by atoms with Crippen molar-refractivity contribution in [2.75, 3.05) is 5.43 Å². The molecule has 0 bridgehead atoms. The second-order valence-corrected chi connectivity index (χ2v) is 8.60. The van der Waals surface area contributed by atoms with Crippen molar-refractivity contribution in [1.29, 1.82) is 0 Å². The fourth-order valence-electron chi connectivity index (χ4n) is 3.93. The maximum absolute atomic E-state index is 11.6. The Morgan fingerprint density at radius 3 is 2.34 bits per heavy atom. The molecule has 0 aliphatic heterocycles. The van der Waals surface area contributed by atoms with Crippen LogP contribution in [0.4, 0.5) is 17.1 Å². The van der Waals surface area contributed by atoms with E-state index in [1.165, 1.54) is 17.7 Å². The molecule has 35 heavy (non-hydrogen) atoms. The number of rotatable bonds is 8. The van der Waals surface area contributed by atoms with E-state index in [4.69, 9.17) is 9.62 Å². The summed E-state index contributed by atoms with van der Waals surface area (Å²) in [6.07, 6.45) is 1.19. The molecule has 4 rings (SSSR count). The van der Waals surface area contributed by atoms with Gasteiger partial charge in [0.05, 0.1) is 6.07 Å². The lowest BCUT2D eigenvalue weighted by Crippen LogP contribution is -3.00. The number of benzene rings is 3. The van der Waals surface area contributed by atoms with Crippen LogP contribution < -0.4 is 15.9 Å². The highest BCUT2D eigenvalue weighted by atomic mass is 16.8. The van der Waals surface area contributed by atoms with Gasteiger partial charge in [0.15, 0.2) is 11.4 Å². The highest BCUT2D eigenvalue weighted by molar-refractivity contribution is 5.96. The van der Waals surface area contributed by atoms with Crippen LogP contribution in [0.15, 0.2) is 70.2 Å². The lowest BCUT2D eigenvalue weighted by molar-refractivity contribution is -0.996. The van der Waals surface area contributed by atoms with Gasteiger partial charge in [0, 0.05) is 29.1 Å². The van der Waals surface area contributed by atoms with E-state index in [2.05, 4.69) is 54.7 Å². The lowest BCUT2D eigenvalue weighted by Gasteiger charge is -2.18. The first kappa shape index (κ1) is 24.6. The molecule has 0 saturated carbocycles. The van der Waals surface area contributed by atoms with Gasteiger partial charge in [-0.3, -0.25) is 5.43 Å². The van der Waals surface area contributed by atoms with E-state index in [0.717, 1.165) is 45.2 Å². The SMILES string of the molecule is CC(CCc1oc2ccc(C)cc2c1-c1ccc(C)cc1)=NNc1ccc([NH+]([O-])O)cc1[NH+]([O-])O. The molecule has 0 amide bonds. The summed E-state index contributed by atoms with van der Waals surface area (Å²) in [5.74, 6) is 0.862. The van der Waals surface area contributed by atoms with Crippen LogP contribution in [0.25, 0.3) is 22.1 Å². The van der Waals surface area contributed by atoms with Crippen LogP contribution in [0.1, 0.15) is 30.2 Å². The molecule has 9 heteroatoms. The van der Waals surface area contributed by atoms with Gasteiger partial charge in [0.25, 0.3) is 0 Å². The zero-order valence-corrected chi connectivity index (χ0v) is 19.8. The van der Waals surface area contributed by atoms with Gasteiger partial charge >= 0.3 is 0 Å². The van der Waals surface area contributed by atoms with Crippen molar-refractivity contribution in [1.82, 2.24) is 0 Å². The van der Waals surface area contributed by atoms with E-state index < -0.39 is 10.5 Å². The maximum atomic E-state index is 11.6. The third-order valence-corrected chi connectivity index (χ3v) is 5.83. The number of hydrogen-bond acceptors (Lipinski definition) is 7. The first-order chi connectivity index (χ1) is 16.7. The van der Waals surface area contributed by atoms with Crippen LogP contribution in [-0.2, 0) is 6.42 Å². The molecule has 2 unspecified atom stereocenters. The standard InChI is InChI=1S/C26H28N4O5/c1-16-4-8-19(9-5-16)26-21-14-17(2)6-12-24(21)35-25(26)13-7-18(3)27-28-22-11-10-20(29(31)32)15-23(22)30(33)34/h4-6,8-12,14-15,28-31,33H,7,13H2,1-3H3. The molecule has 0 aliphatic rings. The van der Waals surface area contributed by atoms with Crippen molar-refractivity contribution >= 4 is 33.7 Å². The van der Waals surface area contributed by atoms with Crippen LogP contribution in [0, 0.1) is 24.3 Å². The van der Waals surface area contributed by atoms with Gasteiger partial charge in [-0.25, -0.2) is 10.4 Å². The fraction of sp³-hybridized carbons (Fsp3) is 0.192. The van der Waals surface area contributed by atoms with E-state index in [1.807, 2.05) is 19.1 Å². The smallest absolute Gasteiger partial charge is 0.195 e. The van der Waals surface area contributed by atoms with Crippen LogP contribution in [0.5, 0.6) is 0 Å². The van der Waals surface area contributed by atoms with Crippen molar-refractivity contribution in [3.8, 4) is 11.1 Å². The number of hydrazone groups is 1. The van der Waals surface area contributed by atoms with Gasteiger partial charge < -0.3 is 14.8 Å². The Hall–Kier alpha value is -3.57. The van der Waals surface area contributed by atoms with Gasteiger partial charge in [-0.2, -0.15) is 15.6 Å². The second-order valence-electron chi connectivity index (χ2n) is 8.60. The topological polar surface area (TPSA) is 133 Å². The normalized spacial score (nSPS) is 13.7. The molecule has 5 N–H and O–H groups in total. The first-order valence-corrected chi connectivity index (χ1v) is 11.2. The molecule has 0 spiro atoms. The largest absolute Gasteiger partial charge is 0.595 e. The summed E-state index contributed by atoms with van der Waals surface area (Å²) in [4.78, 5) is 0. The third kappa shape index (κ3) is 5.57. The highest BCUT2D eigenvalue weighted by Crippen LogP contribution is 2.36. The van der Waals surface area contributed by atoms with Gasteiger partial charge in [0.2, 0.25) is 0 Å². The lowest BCUT2D eigenvalue weighted by atomic mass is 9.98. The van der Waals surface area contributed by atoms with E-state index in [1.54, 1.807) is 0 Å². The molecule has 3 aromatic carbocycles. The minimum Gasteiger partial charge on any atom is -0.595 e. The van der Waals surface area contributed by atoms with Crippen molar-refractivity contribution in [3.63, 3.8) is 0 Å². The number of anilines is 1. The molecule has 0 saturated heterocycles. The van der Waals surface area contributed by atoms with Crippen molar-refractivity contribution in [2.24, 2.45) is 5.10 Å². The molecular weight excluding hydrogens is 448 g/mol. The van der Waals surface area contributed by atoms with Crippen molar-refractivity contribution in [2.45, 2.75) is 33.6 Å². The molecule has 182 valence electrons. The van der Waals surface area contributed by atoms with Crippen molar-refractivity contribution in [3.05, 3.63) is 88.0 Å². The van der Waals surface area contributed by atoms with Crippen molar-refractivity contribution < 1.29 is 25.3 Å². The predicted octanol–water partition coefficient (Wildman–Crippen LogP) is 3.94. The summed E-state index contributed by atoms with van der Waals surface area (Å²) in [6, 6.07) is 18.4. The van der Waals surface area contributed by atoms with E-state index in [0.29, 0.717) is 12.8 Å². The number of hydrogen-bond donors (Lipinski definition) is 5. The predicted molar refractivity (Wildman–Crippen MR) is 134 cm³/mol. The van der Waals surface area contributed by atoms with Crippen LogP contribution in [0.2, 0.25) is 0 Å². The molecule has 0 aliphatic carbocycles. The number of nitrogens with zero attached hydrogens (tertiary/aromatic N) is 1. The van der Waals surface area contributed by atoms with Gasteiger partial charge in [-0.05, 0) is 51.0 Å². The average Bonchev–Trinajstić information content (AvgIpc) is 3.19. The summed E-state index contributed by atoms with van der Waals surface area (Å²) < 4.78 is 6.23. The summed E-state index contributed by atoms with van der Waals surface area (Å²) in [5.41, 5.74) is 8.81. The third-order valence-electron chi connectivity index (χ3n) is 5.83. The number of aryl methyl sites for hydroxylation is 3. The summed E-state index contributed by atoms with van der Waals surface area (Å²) >= 11 is 0. The molecular formula is C26H28N4O5. The molecule has 4 aromatic rings. The summed E-state index contributed by atoms with van der Waals surface area (Å²) in [6.45, 7) is 5.96. The maximum Gasteiger partial charge on any atom is 0.195 e. The molecule has 1 heterocycles.